The smallest absolute Gasteiger partial charge is 0.240 e. The molecule has 0 saturated heterocycles. The van der Waals surface area contributed by atoms with Crippen molar-refractivity contribution in [3.8, 4) is 0 Å². The monoisotopic (exact) mass is 235 g/mol. The summed E-state index contributed by atoms with van der Waals surface area (Å²) in [4.78, 5) is 4.46. The van der Waals surface area contributed by atoms with Crippen LogP contribution in [0.4, 0.5) is 0 Å². The van der Waals surface area contributed by atoms with Crippen LogP contribution in [0.1, 0.15) is 50.2 Å². The third-order valence-corrected chi connectivity index (χ3v) is 3.43. The highest BCUT2D eigenvalue weighted by molar-refractivity contribution is 4.97. The summed E-state index contributed by atoms with van der Waals surface area (Å²) >= 11 is 0. The quantitative estimate of drug-likeness (QED) is 0.629. The molecule has 1 heterocycles. The van der Waals surface area contributed by atoms with Crippen LogP contribution in [0.3, 0.4) is 0 Å². The molecule has 1 aliphatic rings. The molecule has 1 aromatic rings. The van der Waals surface area contributed by atoms with Crippen LogP contribution in [0.25, 0.3) is 0 Å². The van der Waals surface area contributed by atoms with Crippen LogP contribution in [0.15, 0.2) is 17.2 Å². The second kappa shape index (κ2) is 5.96. The van der Waals surface area contributed by atoms with Crippen LogP contribution in [0.5, 0.6) is 0 Å². The van der Waals surface area contributed by atoms with E-state index in [4.69, 9.17) is 4.52 Å². The van der Waals surface area contributed by atoms with E-state index in [2.05, 4.69) is 29.0 Å². The zero-order valence-electron chi connectivity index (χ0n) is 10.5. The summed E-state index contributed by atoms with van der Waals surface area (Å²) in [7, 11) is 0. The molecule has 0 aromatic carbocycles. The van der Waals surface area contributed by atoms with Gasteiger partial charge in [-0.1, -0.05) is 31.0 Å². The van der Waals surface area contributed by atoms with Crippen LogP contribution < -0.4 is 5.32 Å². The van der Waals surface area contributed by atoms with E-state index in [1.807, 2.05) is 6.08 Å². The largest absolute Gasteiger partial charge is 0.338 e. The van der Waals surface area contributed by atoms with E-state index in [-0.39, 0.29) is 0 Å². The number of rotatable bonds is 5. The zero-order chi connectivity index (χ0) is 12.1. The van der Waals surface area contributed by atoms with E-state index >= 15 is 0 Å². The van der Waals surface area contributed by atoms with Crippen molar-refractivity contribution in [3.63, 3.8) is 0 Å². The molecule has 0 bridgehead atoms. The van der Waals surface area contributed by atoms with Crippen molar-refractivity contribution in [1.29, 1.82) is 0 Å². The van der Waals surface area contributed by atoms with Crippen molar-refractivity contribution in [2.45, 2.75) is 45.1 Å². The van der Waals surface area contributed by atoms with E-state index < -0.39 is 0 Å². The fourth-order valence-electron chi connectivity index (χ4n) is 2.31. The first-order valence-corrected chi connectivity index (χ1v) is 6.43. The highest BCUT2D eigenvalue weighted by Gasteiger charge is 2.23. The first-order chi connectivity index (χ1) is 8.29. The molecule has 0 unspecified atom stereocenters. The molecule has 1 fully saturated rings. The Labute approximate surface area is 102 Å². The first kappa shape index (κ1) is 12.3. The normalized spacial score (nSPS) is 24.8. The maximum Gasteiger partial charge on any atom is 0.240 e. The average Bonchev–Trinajstić information content (AvgIpc) is 2.79. The molecule has 0 aliphatic heterocycles. The lowest BCUT2D eigenvalue weighted by Gasteiger charge is -2.23. The first-order valence-electron chi connectivity index (χ1n) is 6.43. The van der Waals surface area contributed by atoms with Gasteiger partial charge in [-0.3, -0.25) is 0 Å². The molecule has 0 spiro atoms. The van der Waals surface area contributed by atoms with E-state index in [1.54, 1.807) is 0 Å². The maximum absolute atomic E-state index is 5.23. The van der Waals surface area contributed by atoms with Gasteiger partial charge in [0, 0.05) is 12.5 Å². The summed E-state index contributed by atoms with van der Waals surface area (Å²) in [6, 6.07) is 0. The van der Waals surface area contributed by atoms with Gasteiger partial charge in [0.2, 0.25) is 5.89 Å². The van der Waals surface area contributed by atoms with Crippen LogP contribution in [-0.2, 0) is 6.54 Å². The van der Waals surface area contributed by atoms with E-state index in [0.29, 0.717) is 18.4 Å². The predicted molar refractivity (Wildman–Crippen MR) is 66.6 cm³/mol. The predicted octanol–water partition coefficient (Wildman–Crippen LogP) is 2.64. The van der Waals surface area contributed by atoms with Crippen molar-refractivity contribution in [2.24, 2.45) is 5.92 Å². The Hall–Kier alpha value is -1.16. The summed E-state index contributed by atoms with van der Waals surface area (Å²) in [6.45, 7) is 7.35. The summed E-state index contributed by atoms with van der Waals surface area (Å²) in [5, 5.41) is 7.25. The standard InChI is InChI=1S/C13H21N3O/c1-3-8-14-9-12-15-13(16-17-12)11-6-4-10(2)5-7-11/h3,10-11,14H,1,4-9H2,2H3. The molecule has 1 saturated carbocycles. The molecule has 0 atom stereocenters. The number of aromatic nitrogens is 2. The number of hydrogen-bond acceptors (Lipinski definition) is 4. The van der Waals surface area contributed by atoms with Crippen LogP contribution in [0, 0.1) is 5.92 Å². The van der Waals surface area contributed by atoms with Gasteiger partial charge >= 0.3 is 0 Å². The minimum atomic E-state index is 0.503. The van der Waals surface area contributed by atoms with Gasteiger partial charge in [0.1, 0.15) is 0 Å². The van der Waals surface area contributed by atoms with Crippen LogP contribution in [0.2, 0.25) is 0 Å². The van der Waals surface area contributed by atoms with Crippen molar-refractivity contribution < 1.29 is 4.52 Å². The summed E-state index contributed by atoms with van der Waals surface area (Å²) in [5.41, 5.74) is 0. The van der Waals surface area contributed by atoms with E-state index in [0.717, 1.165) is 18.3 Å². The Bertz CT molecular complexity index is 353. The number of nitrogens with zero attached hydrogens (tertiary/aromatic N) is 2. The van der Waals surface area contributed by atoms with Crippen LogP contribution in [-0.4, -0.2) is 16.7 Å². The second-order valence-corrected chi connectivity index (χ2v) is 4.92. The van der Waals surface area contributed by atoms with Gasteiger partial charge in [-0.2, -0.15) is 4.98 Å². The second-order valence-electron chi connectivity index (χ2n) is 4.92. The molecule has 4 nitrogen and oxygen atoms in total. The van der Waals surface area contributed by atoms with Gasteiger partial charge < -0.3 is 9.84 Å². The summed E-state index contributed by atoms with van der Waals surface area (Å²) < 4.78 is 5.23. The third-order valence-electron chi connectivity index (χ3n) is 3.43. The lowest BCUT2D eigenvalue weighted by atomic mass is 9.83. The highest BCUT2D eigenvalue weighted by atomic mass is 16.5. The van der Waals surface area contributed by atoms with Crippen molar-refractivity contribution in [2.75, 3.05) is 6.54 Å². The molecule has 94 valence electrons. The zero-order valence-corrected chi connectivity index (χ0v) is 10.5. The van der Waals surface area contributed by atoms with Gasteiger partial charge in [-0.15, -0.1) is 6.58 Å². The molecule has 2 rings (SSSR count). The minimum Gasteiger partial charge on any atom is -0.338 e. The van der Waals surface area contributed by atoms with Crippen molar-refractivity contribution >= 4 is 0 Å². The molecule has 0 radical (unpaired) electrons. The SMILES string of the molecule is C=CCNCc1nc(C2CCC(C)CC2)no1. The fourth-order valence-corrected chi connectivity index (χ4v) is 2.31. The van der Waals surface area contributed by atoms with Crippen molar-refractivity contribution in [3.05, 3.63) is 24.4 Å². The Morgan fingerprint density at radius 3 is 2.88 bits per heavy atom. The van der Waals surface area contributed by atoms with Gasteiger partial charge in [-0.25, -0.2) is 0 Å². The molecule has 1 aromatic heterocycles. The van der Waals surface area contributed by atoms with Gasteiger partial charge in [0.15, 0.2) is 5.82 Å². The third kappa shape index (κ3) is 3.40. The molecule has 17 heavy (non-hydrogen) atoms. The molecule has 4 heteroatoms. The lowest BCUT2D eigenvalue weighted by Crippen LogP contribution is -2.14. The molecular formula is C13H21N3O. The number of hydrogen-bond donors (Lipinski definition) is 1. The Balaban J connectivity index is 1.87. The Morgan fingerprint density at radius 1 is 1.41 bits per heavy atom. The average molecular weight is 235 g/mol. The molecule has 0 amide bonds. The summed E-state index contributed by atoms with van der Waals surface area (Å²) in [5.74, 6) is 2.93. The van der Waals surface area contributed by atoms with Gasteiger partial charge in [0.25, 0.3) is 0 Å². The summed E-state index contributed by atoms with van der Waals surface area (Å²) in [6.07, 6.45) is 6.77. The highest BCUT2D eigenvalue weighted by Crippen LogP contribution is 2.33. The minimum absolute atomic E-state index is 0.503. The van der Waals surface area contributed by atoms with E-state index in [1.165, 1.54) is 25.7 Å². The topological polar surface area (TPSA) is 51.0 Å². The Morgan fingerprint density at radius 2 is 2.18 bits per heavy atom. The molecule has 1 aliphatic carbocycles. The molecule has 1 N–H and O–H groups in total. The fraction of sp³-hybridized carbons (Fsp3) is 0.692. The van der Waals surface area contributed by atoms with Crippen molar-refractivity contribution in [1.82, 2.24) is 15.5 Å². The van der Waals surface area contributed by atoms with E-state index in [9.17, 15) is 0 Å². The lowest BCUT2D eigenvalue weighted by molar-refractivity contribution is 0.322. The maximum atomic E-state index is 5.23. The van der Waals surface area contributed by atoms with Gasteiger partial charge in [-0.05, 0) is 18.8 Å². The van der Waals surface area contributed by atoms with Crippen LogP contribution >= 0.6 is 0 Å². The molecular weight excluding hydrogens is 214 g/mol. The van der Waals surface area contributed by atoms with Gasteiger partial charge in [0.05, 0.1) is 6.54 Å². The number of nitrogens with one attached hydrogen (secondary N) is 1. The Kier molecular flexibility index (Phi) is 4.31.